The highest BCUT2D eigenvalue weighted by atomic mass is 35.5. The summed E-state index contributed by atoms with van der Waals surface area (Å²) < 4.78 is 0. The number of carbonyl (C=O) groups excluding carboxylic acids is 1. The third-order valence-corrected chi connectivity index (χ3v) is 5.01. The van der Waals surface area contributed by atoms with Crippen molar-refractivity contribution in [3.05, 3.63) is 51.7 Å². The highest BCUT2D eigenvalue weighted by Gasteiger charge is 2.24. The van der Waals surface area contributed by atoms with Crippen LogP contribution < -0.4 is 17.3 Å². The molecule has 0 radical (unpaired) electrons. The predicted octanol–water partition coefficient (Wildman–Crippen LogP) is -0.993. The van der Waals surface area contributed by atoms with Crippen molar-refractivity contribution in [2.45, 2.75) is 6.42 Å². The summed E-state index contributed by atoms with van der Waals surface area (Å²) in [5.74, 6) is 0.243. The highest BCUT2D eigenvalue weighted by Crippen LogP contribution is 2.12. The summed E-state index contributed by atoms with van der Waals surface area (Å²) in [7, 11) is 0. The number of hydrogen-bond donors (Lipinski definition) is 1. The van der Waals surface area contributed by atoms with Gasteiger partial charge in [0.1, 0.15) is 5.69 Å². The molecule has 0 unspecified atom stereocenters. The zero-order valence-electron chi connectivity index (χ0n) is 12.1. The Hall–Kier alpha value is -1.07. The molecule has 0 saturated carbocycles. The first-order valence-corrected chi connectivity index (χ1v) is 8.39. The minimum atomic E-state index is 0. The van der Waals surface area contributed by atoms with Crippen LogP contribution >= 0.6 is 22.9 Å². The van der Waals surface area contributed by atoms with E-state index in [9.17, 15) is 4.79 Å². The lowest BCUT2D eigenvalue weighted by atomic mass is 10.2. The number of nitrogens with one attached hydrogen (secondary N) is 1. The number of quaternary nitrogens is 1. The number of benzene rings is 1. The Kier molecular flexibility index (Phi) is 6.26. The van der Waals surface area contributed by atoms with E-state index < -0.39 is 0 Å². The van der Waals surface area contributed by atoms with Crippen LogP contribution in [0.4, 0.5) is 5.69 Å². The number of halogens is 2. The second-order valence-corrected chi connectivity index (χ2v) is 6.72. The molecule has 2 aromatic rings. The molecule has 118 valence electrons. The summed E-state index contributed by atoms with van der Waals surface area (Å²) in [5, 5.41) is 2.79. The highest BCUT2D eigenvalue weighted by molar-refractivity contribution is 7.10. The smallest absolute Gasteiger partial charge is 0.228 e. The van der Waals surface area contributed by atoms with E-state index in [1.54, 1.807) is 11.3 Å². The third-order valence-electron chi connectivity index (χ3n) is 3.88. The number of rotatable bonds is 3. The number of piperazine rings is 1. The molecule has 1 aromatic heterocycles. The molecule has 3 nitrogen and oxygen atoms in total. The van der Waals surface area contributed by atoms with E-state index in [2.05, 4.69) is 12.1 Å². The van der Waals surface area contributed by atoms with Gasteiger partial charge in [-0.05, 0) is 23.6 Å². The number of thiophene rings is 1. The number of nitrogens with zero attached hydrogens (tertiary/aromatic N) is 1. The summed E-state index contributed by atoms with van der Waals surface area (Å²) in [5.41, 5.74) is 1.25. The molecule has 1 N–H and O–H groups in total. The van der Waals surface area contributed by atoms with Gasteiger partial charge in [0.25, 0.3) is 0 Å². The van der Waals surface area contributed by atoms with Crippen molar-refractivity contribution >= 4 is 34.5 Å². The number of hydrogen-bond acceptors (Lipinski definition) is 2. The minimum Gasteiger partial charge on any atom is -1.00 e. The molecule has 2 heterocycles. The molecule has 0 spiro atoms. The normalized spacial score (nSPS) is 15.4. The summed E-state index contributed by atoms with van der Waals surface area (Å²) in [6.45, 7) is 3.56. The summed E-state index contributed by atoms with van der Waals surface area (Å²) >= 11 is 7.57. The van der Waals surface area contributed by atoms with E-state index in [1.807, 2.05) is 34.5 Å². The van der Waals surface area contributed by atoms with Crippen LogP contribution in [0.5, 0.6) is 0 Å². The average molecular weight is 357 g/mol. The summed E-state index contributed by atoms with van der Waals surface area (Å²) in [6.07, 6.45) is 0.536. The topological polar surface area (TPSA) is 24.8 Å². The first kappa shape index (κ1) is 17.3. The van der Waals surface area contributed by atoms with Crippen LogP contribution in [0.1, 0.15) is 4.88 Å². The van der Waals surface area contributed by atoms with Gasteiger partial charge < -0.3 is 17.3 Å². The van der Waals surface area contributed by atoms with Crippen LogP contribution in [0.25, 0.3) is 0 Å². The van der Waals surface area contributed by atoms with E-state index in [1.165, 1.54) is 10.6 Å². The van der Waals surface area contributed by atoms with E-state index in [0.717, 1.165) is 36.1 Å². The average Bonchev–Trinajstić information content (AvgIpc) is 3.01. The lowest BCUT2D eigenvalue weighted by Crippen LogP contribution is -3.10. The van der Waals surface area contributed by atoms with Crippen molar-refractivity contribution in [3.8, 4) is 0 Å². The Morgan fingerprint density at radius 3 is 2.45 bits per heavy atom. The SMILES string of the molecule is O=C(Cc1cccs1)N1CC[NH+](c2ccc(Cl)cc2)CC1.[Cl-]. The molecule has 0 atom stereocenters. The molecule has 1 aliphatic heterocycles. The minimum absolute atomic E-state index is 0. The van der Waals surface area contributed by atoms with Gasteiger partial charge in [-0.25, -0.2) is 0 Å². The first-order chi connectivity index (χ1) is 10.2. The molecule has 1 amide bonds. The Labute approximate surface area is 145 Å². The quantitative estimate of drug-likeness (QED) is 0.750. The van der Waals surface area contributed by atoms with Crippen LogP contribution in [-0.4, -0.2) is 37.0 Å². The molecule has 3 rings (SSSR count). The lowest BCUT2D eigenvalue weighted by molar-refractivity contribution is -0.837. The van der Waals surface area contributed by atoms with Gasteiger partial charge in [0, 0.05) is 22.0 Å². The number of carbonyl (C=O) groups is 1. The lowest BCUT2D eigenvalue weighted by Gasteiger charge is -2.32. The molecule has 6 heteroatoms. The fraction of sp³-hybridized carbons (Fsp3) is 0.312. The second-order valence-electron chi connectivity index (χ2n) is 5.25. The van der Waals surface area contributed by atoms with Crippen LogP contribution in [0.2, 0.25) is 5.02 Å². The van der Waals surface area contributed by atoms with Gasteiger partial charge >= 0.3 is 0 Å². The molecule has 1 aliphatic rings. The van der Waals surface area contributed by atoms with Crippen molar-refractivity contribution in [1.82, 2.24) is 4.90 Å². The molecule has 22 heavy (non-hydrogen) atoms. The summed E-state index contributed by atoms with van der Waals surface area (Å²) in [6, 6.07) is 12.0. The Balaban J connectivity index is 0.00000176. The second kappa shape index (κ2) is 7.97. The van der Waals surface area contributed by atoms with Gasteiger partial charge in [-0.15, -0.1) is 11.3 Å². The fourth-order valence-electron chi connectivity index (χ4n) is 2.67. The fourth-order valence-corrected chi connectivity index (χ4v) is 3.50. The van der Waals surface area contributed by atoms with Gasteiger partial charge in [-0.2, -0.15) is 0 Å². The zero-order valence-corrected chi connectivity index (χ0v) is 14.4. The van der Waals surface area contributed by atoms with E-state index in [0.29, 0.717) is 6.42 Å². The number of amides is 1. The Morgan fingerprint density at radius 2 is 1.86 bits per heavy atom. The van der Waals surface area contributed by atoms with E-state index in [4.69, 9.17) is 11.6 Å². The molecule has 1 fully saturated rings. The van der Waals surface area contributed by atoms with Crippen LogP contribution in [0.15, 0.2) is 41.8 Å². The van der Waals surface area contributed by atoms with Crippen molar-refractivity contribution in [3.63, 3.8) is 0 Å². The van der Waals surface area contributed by atoms with Gasteiger partial charge in [-0.1, -0.05) is 17.7 Å². The molecule has 1 saturated heterocycles. The van der Waals surface area contributed by atoms with Gasteiger partial charge in [-0.3, -0.25) is 9.69 Å². The standard InChI is InChI=1S/C16H17ClN2OS.ClH/c17-13-3-5-14(6-4-13)18-7-9-19(10-8-18)16(20)12-15-2-1-11-21-15;/h1-6,11H,7-10,12H2;1H. The maximum absolute atomic E-state index is 12.3. The van der Waals surface area contributed by atoms with Gasteiger partial charge in [0.2, 0.25) is 5.91 Å². The van der Waals surface area contributed by atoms with Crippen LogP contribution in [0, 0.1) is 0 Å². The zero-order chi connectivity index (χ0) is 14.7. The van der Waals surface area contributed by atoms with Gasteiger partial charge in [0.15, 0.2) is 0 Å². The largest absolute Gasteiger partial charge is 1.00 e. The van der Waals surface area contributed by atoms with E-state index >= 15 is 0 Å². The van der Waals surface area contributed by atoms with E-state index in [-0.39, 0.29) is 18.3 Å². The van der Waals surface area contributed by atoms with Crippen molar-refractivity contribution in [2.24, 2.45) is 0 Å². The Morgan fingerprint density at radius 1 is 1.18 bits per heavy atom. The molecule has 1 aromatic carbocycles. The van der Waals surface area contributed by atoms with Crippen molar-refractivity contribution < 1.29 is 22.1 Å². The predicted molar refractivity (Wildman–Crippen MR) is 86.4 cm³/mol. The first-order valence-electron chi connectivity index (χ1n) is 7.13. The van der Waals surface area contributed by atoms with Crippen molar-refractivity contribution in [2.75, 3.05) is 26.2 Å². The molecular formula is C16H18Cl2N2OS. The van der Waals surface area contributed by atoms with Crippen LogP contribution in [-0.2, 0) is 11.2 Å². The maximum atomic E-state index is 12.3. The molecule has 0 aliphatic carbocycles. The van der Waals surface area contributed by atoms with Gasteiger partial charge in [0.05, 0.1) is 32.6 Å². The van der Waals surface area contributed by atoms with Crippen LogP contribution in [0.3, 0.4) is 0 Å². The summed E-state index contributed by atoms with van der Waals surface area (Å²) in [4.78, 5) is 16.8. The molecule has 0 bridgehead atoms. The Bertz CT molecular complexity index is 593. The third kappa shape index (κ3) is 4.23. The monoisotopic (exact) mass is 356 g/mol. The molecular weight excluding hydrogens is 339 g/mol. The van der Waals surface area contributed by atoms with Crippen molar-refractivity contribution in [1.29, 1.82) is 0 Å². The maximum Gasteiger partial charge on any atom is 0.228 e.